The zero-order chi connectivity index (χ0) is 33.1. The molecule has 0 bridgehead atoms. The van der Waals surface area contributed by atoms with E-state index in [0.29, 0.717) is 30.7 Å². The van der Waals surface area contributed by atoms with E-state index in [-0.39, 0.29) is 18.8 Å². The fourth-order valence-electron chi connectivity index (χ4n) is 6.04. The number of piperidine rings is 1. The monoisotopic (exact) mass is 643 g/mol. The summed E-state index contributed by atoms with van der Waals surface area (Å²) in [6.07, 6.45) is 10.4. The number of nitrogens with zero attached hydrogens (tertiary/aromatic N) is 5. The van der Waals surface area contributed by atoms with Gasteiger partial charge in [-0.15, -0.1) is 0 Å². The third-order valence-corrected chi connectivity index (χ3v) is 8.67. The molecule has 0 N–H and O–H groups in total. The van der Waals surface area contributed by atoms with Crippen LogP contribution in [0, 0.1) is 5.92 Å². The van der Waals surface area contributed by atoms with Crippen molar-refractivity contribution in [1.29, 1.82) is 0 Å². The zero-order valence-corrected chi connectivity index (χ0v) is 28.3. The maximum Gasteiger partial charge on any atom is 0.410 e. The molecule has 1 saturated heterocycles. The van der Waals surface area contributed by atoms with Crippen molar-refractivity contribution < 1.29 is 23.3 Å². The Balaban J connectivity index is 0.000000189. The predicted octanol–water partition coefficient (Wildman–Crippen LogP) is 8.85. The molecule has 1 aliphatic carbocycles. The van der Waals surface area contributed by atoms with Crippen molar-refractivity contribution in [2.75, 3.05) is 13.1 Å². The second-order valence-electron chi connectivity index (χ2n) is 13.5. The van der Waals surface area contributed by atoms with E-state index in [2.05, 4.69) is 27.2 Å². The minimum Gasteiger partial charge on any atom is -0.444 e. The minimum absolute atomic E-state index is 0.0702. The fraction of sp³-hybridized carbons (Fsp3) is 0.541. The van der Waals surface area contributed by atoms with Gasteiger partial charge in [-0.2, -0.15) is 9.97 Å². The van der Waals surface area contributed by atoms with Gasteiger partial charge in [0.15, 0.2) is 0 Å². The molecule has 252 valence electrons. The summed E-state index contributed by atoms with van der Waals surface area (Å²) < 4.78 is 22.0. The first-order chi connectivity index (χ1) is 22.8. The van der Waals surface area contributed by atoms with Gasteiger partial charge in [0.1, 0.15) is 12.2 Å². The molecule has 10 heteroatoms. The average Bonchev–Trinajstić information content (AvgIpc) is 3.78. The molecule has 6 rings (SSSR count). The Morgan fingerprint density at radius 2 is 1.43 bits per heavy atom. The quantitative estimate of drug-likeness (QED) is 0.176. The molecule has 0 unspecified atom stereocenters. The highest BCUT2D eigenvalue weighted by Gasteiger charge is 2.28. The van der Waals surface area contributed by atoms with Crippen LogP contribution in [-0.2, 0) is 16.1 Å². The molecule has 47 heavy (non-hydrogen) atoms. The number of carbonyl (C=O) groups excluding carboxylic acids is 1. The lowest BCUT2D eigenvalue weighted by Gasteiger charge is -2.33. The maximum atomic E-state index is 12.1. The highest BCUT2D eigenvalue weighted by atomic mass is 16.6. The van der Waals surface area contributed by atoms with Gasteiger partial charge in [-0.25, -0.2) is 4.79 Å². The number of hydrogen-bond donors (Lipinski definition) is 0. The first-order valence-electron chi connectivity index (χ1n) is 17.1. The molecule has 3 heterocycles. The smallest absolute Gasteiger partial charge is 0.410 e. The number of likely N-dealkylation sites (tertiary alicyclic amines) is 1. The van der Waals surface area contributed by atoms with Crippen molar-refractivity contribution >= 4 is 6.09 Å². The van der Waals surface area contributed by atoms with Gasteiger partial charge in [0, 0.05) is 30.1 Å². The number of rotatable bonds is 9. The Labute approximate surface area is 278 Å². The Hall–Kier alpha value is -4.05. The first-order valence-corrected chi connectivity index (χ1v) is 17.1. The molecule has 2 aliphatic rings. The second-order valence-corrected chi connectivity index (χ2v) is 13.5. The van der Waals surface area contributed by atoms with E-state index in [0.717, 1.165) is 41.6 Å². The van der Waals surface area contributed by atoms with Gasteiger partial charge < -0.3 is 23.4 Å². The van der Waals surface area contributed by atoms with Gasteiger partial charge in [-0.1, -0.05) is 97.2 Å². The lowest BCUT2D eigenvalue weighted by atomic mass is 9.80. The average molecular weight is 644 g/mol. The molecule has 0 spiro atoms. The van der Waals surface area contributed by atoms with E-state index in [1.807, 2.05) is 81.4 Å². The van der Waals surface area contributed by atoms with Gasteiger partial charge >= 0.3 is 6.09 Å². The van der Waals surface area contributed by atoms with Crippen LogP contribution in [0.2, 0.25) is 0 Å². The van der Waals surface area contributed by atoms with Gasteiger partial charge in [0.05, 0.1) is 6.10 Å². The molecule has 10 nitrogen and oxygen atoms in total. The van der Waals surface area contributed by atoms with Gasteiger partial charge in [0.2, 0.25) is 17.5 Å². The Morgan fingerprint density at radius 1 is 0.830 bits per heavy atom. The van der Waals surface area contributed by atoms with E-state index in [9.17, 15) is 4.79 Å². The summed E-state index contributed by atoms with van der Waals surface area (Å²) in [5, 5.41) is 8.13. The largest absolute Gasteiger partial charge is 0.444 e. The van der Waals surface area contributed by atoms with Crippen LogP contribution in [0.15, 0.2) is 69.7 Å². The van der Waals surface area contributed by atoms with E-state index in [1.165, 1.54) is 44.9 Å². The van der Waals surface area contributed by atoms with E-state index >= 15 is 0 Å². The molecule has 1 aliphatic heterocycles. The van der Waals surface area contributed by atoms with E-state index in [4.69, 9.17) is 18.5 Å². The molecular weight excluding hydrogens is 594 g/mol. The SMILES string of the molecule is CC(C)(C)OC(=O)N1CCC(OCc2nc(-c3ccccc3)no2)CC1.CCCCC1CCC(c2nc(-c3ccccc3)no2)CC1. The summed E-state index contributed by atoms with van der Waals surface area (Å²) in [6, 6.07) is 19.7. The van der Waals surface area contributed by atoms with Gasteiger partial charge in [-0.05, 0) is 65.2 Å². The maximum absolute atomic E-state index is 12.1. The summed E-state index contributed by atoms with van der Waals surface area (Å²) in [6.45, 7) is 9.40. The van der Waals surface area contributed by atoms with Crippen LogP contribution < -0.4 is 0 Å². The van der Waals surface area contributed by atoms with Gasteiger partial charge in [0.25, 0.3) is 5.89 Å². The molecule has 0 radical (unpaired) electrons. The lowest BCUT2D eigenvalue weighted by molar-refractivity contribution is -0.0231. The topological polar surface area (TPSA) is 117 Å². The molecule has 4 aromatic rings. The van der Waals surface area contributed by atoms with Crippen molar-refractivity contribution in [3.63, 3.8) is 0 Å². The number of unbranched alkanes of at least 4 members (excludes halogenated alkanes) is 1. The normalized spacial score (nSPS) is 18.8. The molecule has 2 aromatic heterocycles. The third-order valence-electron chi connectivity index (χ3n) is 8.67. The van der Waals surface area contributed by atoms with Crippen LogP contribution in [0.4, 0.5) is 4.79 Å². The van der Waals surface area contributed by atoms with Crippen LogP contribution in [-0.4, -0.2) is 56.1 Å². The number of hydrogen-bond acceptors (Lipinski definition) is 9. The molecule has 1 amide bonds. The summed E-state index contributed by atoms with van der Waals surface area (Å²) in [7, 11) is 0. The number of benzene rings is 2. The van der Waals surface area contributed by atoms with Crippen LogP contribution in [0.1, 0.15) is 103 Å². The van der Waals surface area contributed by atoms with Crippen molar-refractivity contribution in [2.45, 2.75) is 110 Å². The highest BCUT2D eigenvalue weighted by Crippen LogP contribution is 2.37. The van der Waals surface area contributed by atoms with Crippen molar-refractivity contribution in [3.8, 4) is 22.8 Å². The van der Waals surface area contributed by atoms with E-state index in [1.54, 1.807) is 4.90 Å². The number of ether oxygens (including phenoxy) is 2. The predicted molar refractivity (Wildman–Crippen MR) is 179 cm³/mol. The Kier molecular flexibility index (Phi) is 12.2. The molecule has 1 saturated carbocycles. The highest BCUT2D eigenvalue weighted by molar-refractivity contribution is 5.68. The van der Waals surface area contributed by atoms with Crippen LogP contribution in [0.3, 0.4) is 0 Å². The summed E-state index contributed by atoms with van der Waals surface area (Å²) in [5.74, 6) is 3.95. The second kappa shape index (κ2) is 16.7. The van der Waals surface area contributed by atoms with Crippen LogP contribution in [0.25, 0.3) is 22.8 Å². The fourth-order valence-corrected chi connectivity index (χ4v) is 6.04. The summed E-state index contributed by atoms with van der Waals surface area (Å²) in [4.78, 5) is 22.8. The molecular formula is C37H49N5O5. The number of amides is 1. The molecule has 2 fully saturated rings. The van der Waals surface area contributed by atoms with Crippen molar-refractivity contribution in [2.24, 2.45) is 5.92 Å². The van der Waals surface area contributed by atoms with Crippen LogP contribution >= 0.6 is 0 Å². The molecule has 0 atom stereocenters. The standard InChI is InChI=1S/C19H25N3O4.C18H24N2O/c1-19(2,3)25-18(23)22-11-9-15(10-12-22)24-13-16-20-17(21-26-16)14-7-5-4-6-8-14;1-2-3-7-14-10-12-16(13-11-14)18-19-17(20-21-18)15-8-5-4-6-9-15/h4-8,15H,9-13H2,1-3H3;4-6,8-9,14,16H,2-3,7,10-13H2,1H3. The Bertz CT molecular complexity index is 1480. The number of aromatic nitrogens is 4. The third kappa shape index (κ3) is 10.5. The summed E-state index contributed by atoms with van der Waals surface area (Å²) >= 11 is 0. The Morgan fingerprint density at radius 3 is 2.02 bits per heavy atom. The lowest BCUT2D eigenvalue weighted by Crippen LogP contribution is -2.43. The van der Waals surface area contributed by atoms with Crippen molar-refractivity contribution in [1.82, 2.24) is 25.2 Å². The zero-order valence-electron chi connectivity index (χ0n) is 28.3. The number of carbonyl (C=O) groups is 1. The van der Waals surface area contributed by atoms with E-state index < -0.39 is 5.60 Å². The summed E-state index contributed by atoms with van der Waals surface area (Å²) in [5.41, 5.74) is 1.47. The van der Waals surface area contributed by atoms with Crippen molar-refractivity contribution in [3.05, 3.63) is 72.4 Å². The minimum atomic E-state index is -0.473. The van der Waals surface area contributed by atoms with Crippen LogP contribution in [0.5, 0.6) is 0 Å². The molecule has 2 aromatic carbocycles. The first kappa shape index (κ1) is 34.3. The van der Waals surface area contributed by atoms with Gasteiger partial charge in [-0.3, -0.25) is 0 Å².